The Labute approximate surface area is 565 Å². The van der Waals surface area contributed by atoms with Crippen LogP contribution < -0.4 is 10.2 Å². The second kappa shape index (κ2) is 70.0. The zero-order chi connectivity index (χ0) is 66.3. The van der Waals surface area contributed by atoms with Crippen molar-refractivity contribution in [3.63, 3.8) is 0 Å². The van der Waals surface area contributed by atoms with Crippen LogP contribution >= 0.6 is 7.82 Å². The molecule has 0 saturated carbocycles. The van der Waals surface area contributed by atoms with E-state index < -0.39 is 26.6 Å². The number of quaternary nitrogens is 1. The second-order valence-electron chi connectivity index (χ2n) is 27.5. The number of unbranched alkanes of at least 4 members (excludes halogenated alkanes) is 43. The lowest BCUT2D eigenvalue weighted by molar-refractivity contribution is -0.870. The van der Waals surface area contributed by atoms with Crippen LogP contribution in [-0.4, -0.2) is 69.4 Å². The first-order chi connectivity index (χ1) is 44.4. The maximum Gasteiger partial charge on any atom is 0.306 e. The van der Waals surface area contributed by atoms with Crippen molar-refractivity contribution >= 4 is 19.7 Å². The quantitative estimate of drug-likeness (QED) is 0.0212. The number of phosphoric ester groups is 1. The minimum Gasteiger partial charge on any atom is -0.756 e. The molecule has 0 aromatic carbocycles. The Balaban J connectivity index is 4.99. The van der Waals surface area contributed by atoms with Crippen LogP contribution in [0.15, 0.2) is 85.1 Å². The van der Waals surface area contributed by atoms with Gasteiger partial charge in [0.2, 0.25) is 5.91 Å². The van der Waals surface area contributed by atoms with Crippen LogP contribution in [0.2, 0.25) is 0 Å². The second-order valence-corrected chi connectivity index (χ2v) is 28.9. The molecule has 91 heavy (non-hydrogen) atoms. The molecule has 0 spiro atoms. The number of hydrogen-bond acceptors (Lipinski definition) is 7. The fraction of sp³-hybridized carbons (Fsp3) is 0.802. The summed E-state index contributed by atoms with van der Waals surface area (Å²) in [5.74, 6) is -0.535. The van der Waals surface area contributed by atoms with Gasteiger partial charge in [0.25, 0.3) is 7.82 Å². The molecule has 0 radical (unpaired) electrons. The number of carbonyl (C=O) groups is 2. The molecule has 0 fully saturated rings. The number of ether oxygens (including phenoxy) is 1. The molecule has 10 heteroatoms. The van der Waals surface area contributed by atoms with Gasteiger partial charge in [0.1, 0.15) is 19.3 Å². The minimum absolute atomic E-state index is 0.0249. The number of amides is 1. The molecule has 0 aliphatic rings. The van der Waals surface area contributed by atoms with Crippen molar-refractivity contribution in [3.8, 4) is 0 Å². The maximum atomic E-state index is 13.6. The van der Waals surface area contributed by atoms with Crippen LogP contribution in [0, 0.1) is 0 Å². The van der Waals surface area contributed by atoms with Crippen LogP contribution in [0.5, 0.6) is 0 Å². The third-order valence-corrected chi connectivity index (χ3v) is 18.3. The minimum atomic E-state index is -4.71. The van der Waals surface area contributed by atoms with Crippen molar-refractivity contribution in [2.45, 2.75) is 380 Å². The molecule has 1 N–H and O–H groups in total. The summed E-state index contributed by atoms with van der Waals surface area (Å²) in [5.41, 5.74) is 0. The van der Waals surface area contributed by atoms with Gasteiger partial charge < -0.3 is 28.5 Å². The number of likely N-dealkylation sites (N-methyl/N-ethyl adjacent to an activating group) is 1. The van der Waals surface area contributed by atoms with Gasteiger partial charge in [-0.3, -0.25) is 14.2 Å². The number of esters is 1. The van der Waals surface area contributed by atoms with Crippen LogP contribution in [0.25, 0.3) is 0 Å². The van der Waals surface area contributed by atoms with E-state index in [1.807, 2.05) is 33.3 Å². The third-order valence-electron chi connectivity index (χ3n) is 17.3. The van der Waals surface area contributed by atoms with E-state index in [0.717, 1.165) is 103 Å². The van der Waals surface area contributed by atoms with Gasteiger partial charge in [-0.05, 0) is 102 Å². The molecule has 0 aromatic rings. The van der Waals surface area contributed by atoms with Crippen molar-refractivity contribution in [1.29, 1.82) is 0 Å². The predicted octanol–water partition coefficient (Wildman–Crippen LogP) is 24.6. The highest BCUT2D eigenvalue weighted by Gasteiger charge is 2.27. The fourth-order valence-corrected chi connectivity index (χ4v) is 12.1. The normalized spacial score (nSPS) is 13.9. The zero-order valence-electron chi connectivity index (χ0n) is 60.8. The Hall–Kier alpha value is -2.81. The van der Waals surface area contributed by atoms with E-state index in [1.54, 1.807) is 0 Å². The van der Waals surface area contributed by atoms with E-state index in [0.29, 0.717) is 17.4 Å². The molecule has 0 aliphatic heterocycles. The van der Waals surface area contributed by atoms with E-state index in [4.69, 9.17) is 13.8 Å². The topological polar surface area (TPSA) is 114 Å². The largest absolute Gasteiger partial charge is 0.756 e. The summed E-state index contributed by atoms with van der Waals surface area (Å²) in [6.45, 7) is 6.77. The summed E-state index contributed by atoms with van der Waals surface area (Å²) in [6.07, 6.45) is 94.4. The Morgan fingerprint density at radius 3 is 1.07 bits per heavy atom. The molecule has 9 nitrogen and oxygen atoms in total. The van der Waals surface area contributed by atoms with E-state index in [-0.39, 0.29) is 24.9 Å². The molecule has 0 bridgehead atoms. The average Bonchev–Trinajstić information content (AvgIpc) is 3.73. The number of hydrogen-bond donors (Lipinski definition) is 1. The number of nitrogens with one attached hydrogen (secondary N) is 1. The van der Waals surface area contributed by atoms with Crippen molar-refractivity contribution < 1.29 is 37.3 Å². The molecule has 0 rings (SSSR count). The van der Waals surface area contributed by atoms with Crippen LogP contribution in [0.3, 0.4) is 0 Å². The number of nitrogens with zero attached hydrogens (tertiary/aromatic N) is 1. The summed E-state index contributed by atoms with van der Waals surface area (Å²) in [5, 5.41) is 3.05. The zero-order valence-corrected chi connectivity index (χ0v) is 61.7. The summed E-state index contributed by atoms with van der Waals surface area (Å²) < 4.78 is 30.5. The third kappa shape index (κ3) is 71.3. The van der Waals surface area contributed by atoms with Gasteiger partial charge in [-0.15, -0.1) is 0 Å². The highest BCUT2D eigenvalue weighted by Crippen LogP contribution is 2.38. The van der Waals surface area contributed by atoms with E-state index >= 15 is 0 Å². The molecular weight excluding hydrogens is 1140 g/mol. The molecule has 0 aliphatic carbocycles. The van der Waals surface area contributed by atoms with Crippen molar-refractivity contribution in [3.05, 3.63) is 85.1 Å². The van der Waals surface area contributed by atoms with Crippen molar-refractivity contribution in [2.75, 3.05) is 40.9 Å². The van der Waals surface area contributed by atoms with Gasteiger partial charge in [0.05, 0.1) is 33.8 Å². The van der Waals surface area contributed by atoms with Gasteiger partial charge in [0, 0.05) is 12.8 Å². The summed E-state index contributed by atoms with van der Waals surface area (Å²) in [4.78, 5) is 40.3. The van der Waals surface area contributed by atoms with Gasteiger partial charge in [-0.2, -0.15) is 0 Å². The number of rotatable bonds is 71. The van der Waals surface area contributed by atoms with Crippen LogP contribution in [0.1, 0.15) is 367 Å². The van der Waals surface area contributed by atoms with E-state index in [2.05, 4.69) is 99.0 Å². The van der Waals surface area contributed by atoms with Gasteiger partial charge in [-0.1, -0.05) is 337 Å². The van der Waals surface area contributed by atoms with Crippen LogP contribution in [0.4, 0.5) is 0 Å². The molecule has 0 saturated heterocycles. The molecule has 0 aromatic heterocycles. The number of allylic oxidation sites excluding steroid dienone is 13. The summed E-state index contributed by atoms with van der Waals surface area (Å²) in [7, 11) is 1.19. The predicted molar refractivity (Wildman–Crippen MR) is 395 cm³/mol. The lowest BCUT2D eigenvalue weighted by Gasteiger charge is -2.30. The SMILES string of the molecule is CC/C=C\C/C=C\C/C=C\C/C=C\C/C=C\CCCCCCCCCCCC(=O)NC(COP(=O)([O-])OCC[N+](C)(C)C)C(/C=C/CCCCCCCCCCCCC)OC(=O)CCCCCCCCCCCCCCCCCCC/C=C/CCCCCCCC. The fourth-order valence-electron chi connectivity index (χ4n) is 11.4. The molecular formula is C81H149N2O7P. The molecule has 530 valence electrons. The monoisotopic (exact) mass is 1290 g/mol. The Morgan fingerprint density at radius 2 is 0.703 bits per heavy atom. The Kier molecular flexibility index (Phi) is 67.8. The first kappa shape index (κ1) is 88.2. The number of carbonyl (C=O) groups excluding carboxylic acids is 2. The molecule has 1 amide bonds. The first-order valence-electron chi connectivity index (χ1n) is 38.9. The average molecular weight is 1290 g/mol. The van der Waals surface area contributed by atoms with Crippen molar-refractivity contribution in [2.24, 2.45) is 0 Å². The molecule has 3 unspecified atom stereocenters. The standard InChI is InChI=1S/C81H149N2O7P/c1-7-10-13-16-19-22-25-28-30-32-34-36-38-40-41-43-45-47-49-51-53-56-59-62-65-68-71-74-81(85)90-79(72-69-66-63-60-57-54-27-24-21-18-15-12-9-3)78(77-89-91(86,87)88-76-75-83(4,5)6)82-80(84)73-70-67-64-61-58-55-52-50-48-46-44-42-39-37-35-33-31-29-26-23-20-17-14-11-8-2/h11,14,20,23,28-31,35,37,42,44,69,72,78-79H,7-10,12-13,15-19,21-22,24-27,32-34,36,38-41,43,45-68,70-71,73-77H2,1-6H3,(H-,82,84,86,87)/b14-11-,23-20-,30-28+,31-29-,37-35-,44-42-,72-69+. The highest BCUT2D eigenvalue weighted by atomic mass is 31.2. The maximum absolute atomic E-state index is 13.6. The van der Waals surface area contributed by atoms with E-state index in [9.17, 15) is 19.0 Å². The van der Waals surface area contributed by atoms with Crippen LogP contribution in [-0.2, 0) is 27.9 Å². The highest BCUT2D eigenvalue weighted by molar-refractivity contribution is 7.45. The van der Waals surface area contributed by atoms with Gasteiger partial charge in [-0.25, -0.2) is 0 Å². The van der Waals surface area contributed by atoms with Crippen molar-refractivity contribution in [1.82, 2.24) is 5.32 Å². The lowest BCUT2D eigenvalue weighted by Crippen LogP contribution is -2.47. The summed E-state index contributed by atoms with van der Waals surface area (Å²) >= 11 is 0. The van der Waals surface area contributed by atoms with Gasteiger partial charge in [0.15, 0.2) is 0 Å². The smallest absolute Gasteiger partial charge is 0.306 e. The number of phosphoric acid groups is 1. The first-order valence-corrected chi connectivity index (χ1v) is 40.4. The Morgan fingerprint density at radius 1 is 0.396 bits per heavy atom. The summed E-state index contributed by atoms with van der Waals surface area (Å²) in [6, 6.07) is -0.896. The van der Waals surface area contributed by atoms with Gasteiger partial charge >= 0.3 is 5.97 Å². The molecule has 3 atom stereocenters. The lowest BCUT2D eigenvalue weighted by atomic mass is 10.0. The van der Waals surface area contributed by atoms with E-state index in [1.165, 1.54) is 231 Å². The Bertz CT molecular complexity index is 1830. The molecule has 0 heterocycles.